The van der Waals surface area contributed by atoms with E-state index in [9.17, 15) is 4.79 Å². The van der Waals surface area contributed by atoms with E-state index in [1.807, 2.05) is 46.4 Å². The zero-order valence-corrected chi connectivity index (χ0v) is 12.0. The van der Waals surface area contributed by atoms with Crippen molar-refractivity contribution in [1.29, 1.82) is 0 Å². The molecule has 2 aliphatic rings. The smallest absolute Gasteiger partial charge is 0.247 e. The number of fused-ring (bicyclic) bond motifs is 1. The maximum Gasteiger partial charge on any atom is 0.247 e. The van der Waals surface area contributed by atoms with Gasteiger partial charge in [0.25, 0.3) is 0 Å². The molecule has 0 spiro atoms. The minimum Gasteiger partial charge on any atom is -0.305 e. The summed E-state index contributed by atoms with van der Waals surface area (Å²) in [5, 5.41) is 9.05. The molecule has 5 heteroatoms. The van der Waals surface area contributed by atoms with Crippen molar-refractivity contribution >= 4 is 11.6 Å². The largest absolute Gasteiger partial charge is 0.305 e. The first kappa shape index (κ1) is 13.3. The minimum atomic E-state index is -0.296. The van der Waals surface area contributed by atoms with Crippen LogP contribution in [0.1, 0.15) is 18.0 Å². The van der Waals surface area contributed by atoms with Crippen molar-refractivity contribution in [3.63, 3.8) is 0 Å². The predicted octanol–water partition coefficient (Wildman–Crippen LogP) is 2.30. The zero-order chi connectivity index (χ0) is 15.1. The monoisotopic (exact) mass is 295 g/mol. The second-order valence-electron chi connectivity index (χ2n) is 5.92. The van der Waals surface area contributed by atoms with E-state index in [0.29, 0.717) is 5.92 Å². The van der Waals surface area contributed by atoms with Gasteiger partial charge in [0.15, 0.2) is 0 Å². The number of hydrogen-bond donors (Lipinski definition) is 2. The Morgan fingerprint density at radius 2 is 2.27 bits per heavy atom. The van der Waals surface area contributed by atoms with Crippen LogP contribution in [0.3, 0.4) is 0 Å². The lowest BCUT2D eigenvalue weighted by Crippen LogP contribution is -2.22. The topological polar surface area (TPSA) is 66.6 Å². The van der Waals surface area contributed by atoms with E-state index < -0.39 is 0 Å². The number of hydroxylamine groups is 1. The Balaban J connectivity index is 1.72. The SMILES string of the molecule is O=C(NO)[C@H]1[C@H](c2ccnc3cccn23)[C@H]1C1C=CC=CC1. The molecule has 2 aromatic rings. The first-order valence-corrected chi connectivity index (χ1v) is 7.50. The van der Waals surface area contributed by atoms with Crippen molar-refractivity contribution in [3.05, 3.63) is 60.6 Å². The fourth-order valence-corrected chi connectivity index (χ4v) is 3.78. The summed E-state index contributed by atoms with van der Waals surface area (Å²) in [5.74, 6) is 0.151. The average Bonchev–Trinajstić information content (AvgIpc) is 3.12. The highest BCUT2D eigenvalue weighted by Gasteiger charge is 2.58. The normalized spacial score (nSPS) is 29.7. The Kier molecular flexibility index (Phi) is 3.08. The minimum absolute atomic E-state index is 0.103. The van der Waals surface area contributed by atoms with Crippen LogP contribution in [0.25, 0.3) is 5.65 Å². The molecule has 2 heterocycles. The number of amides is 1. The number of nitrogens with zero attached hydrogens (tertiary/aromatic N) is 2. The standard InChI is InChI=1S/C17H17N3O2/c21-17(19-22)16-14(11-5-2-1-3-6-11)15(16)12-8-9-18-13-7-4-10-20(12)13/h1-5,7-11,14-16,22H,6H2,(H,19,21)/t11?,14-,15-,16-/m1/s1. The summed E-state index contributed by atoms with van der Waals surface area (Å²) in [6.45, 7) is 0. The van der Waals surface area contributed by atoms with Crippen LogP contribution in [0, 0.1) is 17.8 Å². The highest BCUT2D eigenvalue weighted by molar-refractivity contribution is 5.82. The van der Waals surface area contributed by atoms with Gasteiger partial charge >= 0.3 is 0 Å². The van der Waals surface area contributed by atoms with Crippen molar-refractivity contribution in [2.75, 3.05) is 0 Å². The molecule has 0 saturated heterocycles. The van der Waals surface area contributed by atoms with Crippen LogP contribution >= 0.6 is 0 Å². The van der Waals surface area contributed by atoms with E-state index in [1.165, 1.54) is 0 Å². The highest BCUT2D eigenvalue weighted by Crippen LogP contribution is 2.59. The molecule has 5 nitrogen and oxygen atoms in total. The second-order valence-corrected chi connectivity index (χ2v) is 5.92. The average molecular weight is 295 g/mol. The predicted molar refractivity (Wildman–Crippen MR) is 81.2 cm³/mol. The number of nitrogens with one attached hydrogen (secondary N) is 1. The molecule has 22 heavy (non-hydrogen) atoms. The summed E-state index contributed by atoms with van der Waals surface area (Å²) < 4.78 is 2.03. The molecule has 1 fully saturated rings. The highest BCUT2D eigenvalue weighted by atomic mass is 16.5. The van der Waals surface area contributed by atoms with Crippen molar-refractivity contribution in [1.82, 2.24) is 14.9 Å². The molecule has 1 amide bonds. The van der Waals surface area contributed by atoms with Gasteiger partial charge in [-0.15, -0.1) is 0 Å². The number of allylic oxidation sites excluding steroid dienone is 4. The van der Waals surface area contributed by atoms with Crippen molar-refractivity contribution in [2.24, 2.45) is 17.8 Å². The number of carbonyl (C=O) groups excluding carboxylic acids is 1. The van der Waals surface area contributed by atoms with Crippen molar-refractivity contribution in [2.45, 2.75) is 12.3 Å². The molecule has 2 N–H and O–H groups in total. The van der Waals surface area contributed by atoms with Gasteiger partial charge in [-0.05, 0) is 36.5 Å². The third kappa shape index (κ3) is 1.97. The number of aromatic nitrogens is 2. The summed E-state index contributed by atoms with van der Waals surface area (Å²) in [4.78, 5) is 16.4. The first-order valence-electron chi connectivity index (χ1n) is 7.50. The summed E-state index contributed by atoms with van der Waals surface area (Å²) in [7, 11) is 0. The molecule has 2 aromatic heterocycles. The Morgan fingerprint density at radius 1 is 1.36 bits per heavy atom. The molecule has 2 aliphatic carbocycles. The van der Waals surface area contributed by atoms with Crippen LogP contribution < -0.4 is 5.48 Å². The van der Waals surface area contributed by atoms with Gasteiger partial charge in [-0.3, -0.25) is 10.0 Å². The van der Waals surface area contributed by atoms with Gasteiger partial charge in [0.1, 0.15) is 5.65 Å². The van der Waals surface area contributed by atoms with Gasteiger partial charge in [0, 0.05) is 24.0 Å². The molecule has 0 aliphatic heterocycles. The first-order chi connectivity index (χ1) is 10.8. The Labute approximate surface area is 127 Å². The van der Waals surface area contributed by atoms with Crippen LogP contribution in [0.15, 0.2) is 54.9 Å². The van der Waals surface area contributed by atoms with Gasteiger partial charge < -0.3 is 4.40 Å². The second kappa shape index (κ2) is 5.10. The molecule has 0 radical (unpaired) electrons. The van der Waals surface area contributed by atoms with Crippen molar-refractivity contribution in [3.8, 4) is 0 Å². The van der Waals surface area contributed by atoms with Gasteiger partial charge in [0.2, 0.25) is 5.91 Å². The van der Waals surface area contributed by atoms with E-state index in [-0.39, 0.29) is 23.7 Å². The van der Waals surface area contributed by atoms with Crippen LogP contribution in [0.4, 0.5) is 0 Å². The lowest BCUT2D eigenvalue weighted by molar-refractivity contribution is -0.131. The summed E-state index contributed by atoms with van der Waals surface area (Å²) in [6.07, 6.45) is 13.1. The quantitative estimate of drug-likeness (QED) is 0.674. The van der Waals surface area contributed by atoms with E-state index >= 15 is 0 Å². The van der Waals surface area contributed by atoms with Crippen LogP contribution in [-0.4, -0.2) is 20.5 Å². The molecule has 112 valence electrons. The van der Waals surface area contributed by atoms with E-state index in [2.05, 4.69) is 17.1 Å². The van der Waals surface area contributed by atoms with Gasteiger partial charge in [-0.2, -0.15) is 0 Å². The maximum absolute atomic E-state index is 12.1. The Bertz CT molecular complexity index is 777. The summed E-state index contributed by atoms with van der Waals surface area (Å²) in [5.41, 5.74) is 3.79. The van der Waals surface area contributed by atoms with E-state index in [1.54, 1.807) is 6.20 Å². The summed E-state index contributed by atoms with van der Waals surface area (Å²) in [6, 6.07) is 5.87. The van der Waals surface area contributed by atoms with E-state index in [0.717, 1.165) is 17.8 Å². The molecule has 4 rings (SSSR count). The van der Waals surface area contributed by atoms with Gasteiger partial charge in [-0.25, -0.2) is 10.5 Å². The fraction of sp³-hybridized carbons (Fsp3) is 0.294. The maximum atomic E-state index is 12.1. The Hall–Kier alpha value is -2.40. The van der Waals surface area contributed by atoms with Gasteiger partial charge in [-0.1, -0.05) is 24.3 Å². The molecule has 4 atom stereocenters. The molecular formula is C17H17N3O2. The number of rotatable bonds is 3. The van der Waals surface area contributed by atoms with Crippen molar-refractivity contribution < 1.29 is 10.0 Å². The lowest BCUT2D eigenvalue weighted by atomic mass is 9.93. The molecular weight excluding hydrogens is 278 g/mol. The van der Waals surface area contributed by atoms with Gasteiger partial charge in [0.05, 0.1) is 5.92 Å². The van der Waals surface area contributed by atoms with E-state index in [4.69, 9.17) is 5.21 Å². The molecule has 1 unspecified atom stereocenters. The number of hydrogen-bond acceptors (Lipinski definition) is 3. The number of carbonyl (C=O) groups is 1. The molecule has 0 bridgehead atoms. The fourth-order valence-electron chi connectivity index (χ4n) is 3.78. The lowest BCUT2D eigenvalue weighted by Gasteiger charge is -2.13. The van der Waals surface area contributed by atoms with Crippen LogP contribution in [0.5, 0.6) is 0 Å². The molecule has 1 saturated carbocycles. The Morgan fingerprint density at radius 3 is 3.05 bits per heavy atom. The summed E-state index contributed by atoms with van der Waals surface area (Å²) >= 11 is 0. The third-order valence-corrected chi connectivity index (χ3v) is 4.80. The van der Waals surface area contributed by atoms with Crippen LogP contribution in [-0.2, 0) is 4.79 Å². The zero-order valence-electron chi connectivity index (χ0n) is 12.0. The third-order valence-electron chi connectivity index (χ3n) is 4.80. The molecule has 0 aromatic carbocycles. The van der Waals surface area contributed by atoms with Crippen LogP contribution in [0.2, 0.25) is 0 Å².